The van der Waals surface area contributed by atoms with Crippen molar-refractivity contribution in [2.45, 2.75) is 18.2 Å². The van der Waals surface area contributed by atoms with Gasteiger partial charge in [-0.05, 0) is 31.2 Å². The monoisotopic (exact) mass is 339 g/mol. The van der Waals surface area contributed by atoms with Gasteiger partial charge in [-0.2, -0.15) is 0 Å². The molecule has 0 saturated heterocycles. The molecule has 7 heteroatoms. The van der Waals surface area contributed by atoms with Gasteiger partial charge in [0, 0.05) is 12.5 Å². The Balaban J connectivity index is 1.99. The van der Waals surface area contributed by atoms with Gasteiger partial charge in [0.25, 0.3) is 0 Å². The normalized spacial score (nSPS) is 11.3. The Morgan fingerprint density at radius 1 is 1.09 bits per heavy atom. The molecule has 0 radical (unpaired) electrons. The van der Waals surface area contributed by atoms with Crippen LogP contribution in [0.2, 0.25) is 0 Å². The van der Waals surface area contributed by atoms with E-state index < -0.39 is 33.1 Å². The molecule has 0 atom stereocenters. The van der Waals surface area contributed by atoms with E-state index in [1.165, 1.54) is 12.1 Å². The molecule has 0 spiro atoms. The largest absolute Gasteiger partial charge is 0.324 e. The van der Waals surface area contributed by atoms with Crippen LogP contribution in [0.15, 0.2) is 47.4 Å². The summed E-state index contributed by atoms with van der Waals surface area (Å²) in [6, 6.07) is 9.00. The lowest BCUT2D eigenvalue weighted by atomic mass is 10.2. The highest BCUT2D eigenvalue weighted by atomic mass is 32.2. The number of carbonyl (C=O) groups is 1. The van der Waals surface area contributed by atoms with Crippen LogP contribution >= 0.6 is 0 Å². The van der Waals surface area contributed by atoms with Crippen LogP contribution < -0.4 is 5.32 Å². The SMILES string of the molecule is Cc1ccc(S(=O)(=O)CCC(=O)Nc2ccc(F)cc2F)cc1. The van der Waals surface area contributed by atoms with Gasteiger partial charge in [-0.1, -0.05) is 17.7 Å². The van der Waals surface area contributed by atoms with Crippen LogP contribution in [0, 0.1) is 18.6 Å². The Morgan fingerprint density at radius 2 is 1.74 bits per heavy atom. The highest BCUT2D eigenvalue weighted by molar-refractivity contribution is 7.91. The number of halogens is 2. The van der Waals surface area contributed by atoms with Gasteiger partial charge in [-0.3, -0.25) is 4.79 Å². The lowest BCUT2D eigenvalue weighted by Crippen LogP contribution is -2.18. The smallest absolute Gasteiger partial charge is 0.225 e. The van der Waals surface area contributed by atoms with Crippen LogP contribution in [0.5, 0.6) is 0 Å². The van der Waals surface area contributed by atoms with Crippen LogP contribution in [0.25, 0.3) is 0 Å². The van der Waals surface area contributed by atoms with Crippen molar-refractivity contribution in [3.05, 3.63) is 59.7 Å². The molecule has 0 aromatic heterocycles. The highest BCUT2D eigenvalue weighted by Gasteiger charge is 2.17. The fourth-order valence-corrected chi connectivity index (χ4v) is 3.13. The first-order chi connectivity index (χ1) is 10.8. The molecular weight excluding hydrogens is 324 g/mol. The second-order valence-corrected chi connectivity index (χ2v) is 7.16. The van der Waals surface area contributed by atoms with Gasteiger partial charge in [-0.15, -0.1) is 0 Å². The molecule has 0 saturated carbocycles. The Labute approximate surface area is 133 Å². The first-order valence-corrected chi connectivity index (χ1v) is 8.47. The van der Waals surface area contributed by atoms with Crippen LogP contribution in [0.3, 0.4) is 0 Å². The molecule has 0 fully saturated rings. The third-order valence-corrected chi connectivity index (χ3v) is 4.92. The topological polar surface area (TPSA) is 63.2 Å². The minimum absolute atomic E-state index is 0.129. The molecule has 2 aromatic carbocycles. The number of sulfone groups is 1. The number of hydrogen-bond acceptors (Lipinski definition) is 3. The van der Waals surface area contributed by atoms with E-state index in [1.807, 2.05) is 6.92 Å². The average molecular weight is 339 g/mol. The summed E-state index contributed by atoms with van der Waals surface area (Å²) in [5.41, 5.74) is 0.734. The summed E-state index contributed by atoms with van der Waals surface area (Å²) in [7, 11) is -3.60. The standard InChI is InChI=1S/C16H15F2NO3S/c1-11-2-5-13(6-3-11)23(21,22)9-8-16(20)19-15-7-4-12(17)10-14(15)18/h2-7,10H,8-9H2,1H3,(H,19,20). The fraction of sp³-hybridized carbons (Fsp3) is 0.188. The molecule has 2 aromatic rings. The zero-order valence-electron chi connectivity index (χ0n) is 12.3. The molecule has 0 aliphatic rings. The second kappa shape index (κ2) is 6.87. The number of hydrogen-bond donors (Lipinski definition) is 1. The number of rotatable bonds is 5. The second-order valence-electron chi connectivity index (χ2n) is 5.05. The number of benzene rings is 2. The third kappa shape index (κ3) is 4.59. The first kappa shape index (κ1) is 17.1. The zero-order valence-corrected chi connectivity index (χ0v) is 13.2. The van der Waals surface area contributed by atoms with Crippen molar-refractivity contribution in [2.75, 3.05) is 11.1 Å². The van der Waals surface area contributed by atoms with Crippen molar-refractivity contribution in [3.8, 4) is 0 Å². The van der Waals surface area contributed by atoms with Crippen molar-refractivity contribution in [1.82, 2.24) is 0 Å². The van der Waals surface area contributed by atoms with E-state index in [0.717, 1.165) is 17.7 Å². The van der Waals surface area contributed by atoms with E-state index >= 15 is 0 Å². The maximum absolute atomic E-state index is 13.4. The van der Waals surface area contributed by atoms with Crippen LogP contribution in [0.1, 0.15) is 12.0 Å². The quantitative estimate of drug-likeness (QED) is 0.910. The predicted octanol–water partition coefficient (Wildman–Crippen LogP) is 3.08. The van der Waals surface area contributed by atoms with Crippen molar-refractivity contribution in [3.63, 3.8) is 0 Å². The maximum atomic E-state index is 13.4. The van der Waals surface area contributed by atoms with E-state index in [9.17, 15) is 22.0 Å². The predicted molar refractivity (Wildman–Crippen MR) is 82.8 cm³/mol. The lowest BCUT2D eigenvalue weighted by Gasteiger charge is -2.07. The Morgan fingerprint density at radius 3 is 2.35 bits per heavy atom. The van der Waals surface area contributed by atoms with Gasteiger partial charge >= 0.3 is 0 Å². The summed E-state index contributed by atoms with van der Waals surface area (Å²) in [5.74, 6) is -2.74. The summed E-state index contributed by atoms with van der Waals surface area (Å²) in [5, 5.41) is 2.23. The van der Waals surface area contributed by atoms with Gasteiger partial charge in [0.05, 0.1) is 16.3 Å². The average Bonchev–Trinajstić information content (AvgIpc) is 2.49. The van der Waals surface area contributed by atoms with Crippen LogP contribution in [0.4, 0.5) is 14.5 Å². The van der Waals surface area contributed by atoms with Gasteiger partial charge < -0.3 is 5.32 Å². The number of aryl methyl sites for hydroxylation is 1. The van der Waals surface area contributed by atoms with Gasteiger partial charge in [-0.25, -0.2) is 17.2 Å². The minimum atomic E-state index is -3.60. The number of nitrogens with one attached hydrogen (secondary N) is 1. The van der Waals surface area contributed by atoms with Crippen molar-refractivity contribution in [2.24, 2.45) is 0 Å². The molecule has 0 heterocycles. The van der Waals surface area contributed by atoms with Gasteiger partial charge in [0.1, 0.15) is 11.6 Å². The van der Waals surface area contributed by atoms with Crippen LogP contribution in [-0.4, -0.2) is 20.1 Å². The summed E-state index contributed by atoms with van der Waals surface area (Å²) < 4.78 is 50.4. The summed E-state index contributed by atoms with van der Waals surface area (Å²) >= 11 is 0. The molecule has 2 rings (SSSR count). The molecule has 0 bridgehead atoms. The minimum Gasteiger partial charge on any atom is -0.324 e. The van der Waals surface area contributed by atoms with Crippen molar-refractivity contribution < 1.29 is 22.0 Å². The fourth-order valence-electron chi connectivity index (χ4n) is 1.89. The molecule has 122 valence electrons. The lowest BCUT2D eigenvalue weighted by molar-refractivity contribution is -0.115. The van der Waals surface area contributed by atoms with Crippen molar-refractivity contribution >= 4 is 21.4 Å². The molecule has 1 amide bonds. The Bertz CT molecular complexity index is 818. The van der Waals surface area contributed by atoms with Gasteiger partial charge in [0.15, 0.2) is 9.84 Å². The van der Waals surface area contributed by atoms with E-state index in [-0.39, 0.29) is 17.0 Å². The Hall–Kier alpha value is -2.28. The molecular formula is C16H15F2NO3S. The molecule has 0 aliphatic carbocycles. The molecule has 4 nitrogen and oxygen atoms in total. The summed E-state index contributed by atoms with van der Waals surface area (Å²) in [6.07, 6.45) is -0.326. The zero-order chi connectivity index (χ0) is 17.0. The van der Waals surface area contributed by atoms with E-state index in [0.29, 0.717) is 6.07 Å². The maximum Gasteiger partial charge on any atom is 0.225 e. The Kier molecular flexibility index (Phi) is 5.10. The number of anilines is 1. The van der Waals surface area contributed by atoms with Crippen molar-refractivity contribution in [1.29, 1.82) is 0 Å². The van der Waals surface area contributed by atoms with Gasteiger partial charge in [0.2, 0.25) is 5.91 Å². The summed E-state index contributed by atoms with van der Waals surface area (Å²) in [4.78, 5) is 11.9. The van der Waals surface area contributed by atoms with Crippen LogP contribution in [-0.2, 0) is 14.6 Å². The highest BCUT2D eigenvalue weighted by Crippen LogP contribution is 2.16. The molecule has 23 heavy (non-hydrogen) atoms. The number of carbonyl (C=O) groups excluding carboxylic acids is 1. The summed E-state index contributed by atoms with van der Waals surface area (Å²) in [6.45, 7) is 1.83. The molecule has 0 unspecified atom stereocenters. The molecule has 0 aliphatic heterocycles. The number of amides is 1. The first-order valence-electron chi connectivity index (χ1n) is 6.82. The molecule has 1 N–H and O–H groups in total. The van der Waals surface area contributed by atoms with E-state index in [2.05, 4.69) is 5.32 Å². The van der Waals surface area contributed by atoms with E-state index in [4.69, 9.17) is 0 Å². The third-order valence-electron chi connectivity index (χ3n) is 3.18. The van der Waals surface area contributed by atoms with E-state index in [1.54, 1.807) is 12.1 Å².